The molecular weight excluding hydrogens is 356 g/mol. The average Bonchev–Trinajstić information content (AvgIpc) is 3.11. The lowest BCUT2D eigenvalue weighted by molar-refractivity contribution is -0.122. The molecule has 0 spiro atoms. The van der Waals surface area contributed by atoms with Crippen LogP contribution < -0.4 is 15.0 Å². The SMILES string of the molecule is COc1ccc2oc(N3CCCC(CC(=O)NCCN(C)C(C)C)C3)nc2c1. The number of piperidine rings is 1. The van der Waals surface area contributed by atoms with Crippen molar-refractivity contribution in [3.63, 3.8) is 0 Å². The number of fused-ring (bicyclic) bond motifs is 1. The lowest BCUT2D eigenvalue weighted by Gasteiger charge is -2.31. The van der Waals surface area contributed by atoms with Crippen LogP contribution in [0.2, 0.25) is 0 Å². The highest BCUT2D eigenvalue weighted by atomic mass is 16.5. The van der Waals surface area contributed by atoms with Crippen LogP contribution in [0.1, 0.15) is 33.1 Å². The summed E-state index contributed by atoms with van der Waals surface area (Å²) < 4.78 is 11.2. The number of benzene rings is 1. The Balaban J connectivity index is 1.53. The van der Waals surface area contributed by atoms with Crippen LogP contribution in [0, 0.1) is 5.92 Å². The number of hydrogen-bond acceptors (Lipinski definition) is 6. The molecule has 1 aromatic carbocycles. The minimum atomic E-state index is 0.131. The number of carbonyl (C=O) groups excluding carboxylic acids is 1. The zero-order valence-electron chi connectivity index (χ0n) is 17.4. The van der Waals surface area contributed by atoms with Crippen molar-refractivity contribution in [1.82, 2.24) is 15.2 Å². The summed E-state index contributed by atoms with van der Waals surface area (Å²) in [7, 11) is 3.72. The molecular formula is C21H32N4O3. The molecule has 0 radical (unpaired) electrons. The minimum absolute atomic E-state index is 0.131. The van der Waals surface area contributed by atoms with Crippen molar-refractivity contribution in [3.8, 4) is 5.75 Å². The van der Waals surface area contributed by atoms with E-state index in [-0.39, 0.29) is 5.91 Å². The third-order valence-corrected chi connectivity index (χ3v) is 5.52. The summed E-state index contributed by atoms with van der Waals surface area (Å²) in [6.07, 6.45) is 2.65. The summed E-state index contributed by atoms with van der Waals surface area (Å²) in [4.78, 5) is 21.3. The van der Waals surface area contributed by atoms with Crippen LogP contribution in [0.4, 0.5) is 6.01 Å². The van der Waals surface area contributed by atoms with Crippen LogP contribution in [0.25, 0.3) is 11.1 Å². The molecule has 7 nitrogen and oxygen atoms in total. The first-order valence-corrected chi connectivity index (χ1v) is 10.1. The Morgan fingerprint density at radius 1 is 1.46 bits per heavy atom. The highest BCUT2D eigenvalue weighted by Gasteiger charge is 2.25. The first-order valence-electron chi connectivity index (χ1n) is 10.1. The maximum atomic E-state index is 12.3. The fourth-order valence-corrected chi connectivity index (χ4v) is 3.53. The summed E-state index contributed by atoms with van der Waals surface area (Å²) in [6, 6.07) is 6.75. The molecule has 1 aromatic heterocycles. The smallest absolute Gasteiger partial charge is 0.298 e. The molecule has 1 saturated heterocycles. The van der Waals surface area contributed by atoms with E-state index in [4.69, 9.17) is 9.15 Å². The number of methoxy groups -OCH3 is 1. The number of hydrogen-bond donors (Lipinski definition) is 1. The number of amides is 1. The van der Waals surface area contributed by atoms with Gasteiger partial charge >= 0.3 is 0 Å². The van der Waals surface area contributed by atoms with E-state index in [2.05, 4.69) is 41.0 Å². The predicted molar refractivity (Wildman–Crippen MR) is 111 cm³/mol. The number of ether oxygens (including phenoxy) is 1. The average molecular weight is 389 g/mol. The Kier molecular flexibility index (Phi) is 6.78. The van der Waals surface area contributed by atoms with Gasteiger partial charge < -0.3 is 24.3 Å². The predicted octanol–water partition coefficient (Wildman–Crippen LogP) is 2.90. The molecule has 0 aliphatic carbocycles. The lowest BCUT2D eigenvalue weighted by atomic mass is 9.94. The van der Waals surface area contributed by atoms with Crippen LogP contribution in [-0.2, 0) is 4.79 Å². The minimum Gasteiger partial charge on any atom is -0.497 e. The van der Waals surface area contributed by atoms with E-state index in [1.54, 1.807) is 7.11 Å². The Hall–Kier alpha value is -2.28. The Morgan fingerprint density at radius 2 is 2.29 bits per heavy atom. The first kappa shape index (κ1) is 20.5. The molecule has 2 heterocycles. The van der Waals surface area contributed by atoms with Gasteiger partial charge in [-0.3, -0.25) is 4.79 Å². The normalized spacial score (nSPS) is 17.5. The maximum Gasteiger partial charge on any atom is 0.298 e. The number of oxazole rings is 1. The fourth-order valence-electron chi connectivity index (χ4n) is 3.53. The number of nitrogens with one attached hydrogen (secondary N) is 1. The number of carbonyl (C=O) groups is 1. The van der Waals surface area contributed by atoms with Crippen molar-refractivity contribution in [1.29, 1.82) is 0 Å². The number of aromatic nitrogens is 1. The molecule has 1 amide bonds. The largest absolute Gasteiger partial charge is 0.497 e. The summed E-state index contributed by atoms with van der Waals surface area (Å²) in [5, 5.41) is 3.05. The van der Waals surface area contributed by atoms with Gasteiger partial charge in [-0.15, -0.1) is 0 Å². The van der Waals surface area contributed by atoms with Crippen LogP contribution in [-0.4, -0.2) is 62.2 Å². The zero-order chi connectivity index (χ0) is 20.1. The second-order valence-electron chi connectivity index (χ2n) is 7.91. The van der Waals surface area contributed by atoms with Gasteiger partial charge in [-0.25, -0.2) is 0 Å². The van der Waals surface area contributed by atoms with Crippen molar-refractivity contribution in [2.45, 2.75) is 39.2 Å². The van der Waals surface area contributed by atoms with Crippen molar-refractivity contribution in [2.24, 2.45) is 5.92 Å². The molecule has 1 N–H and O–H groups in total. The number of nitrogens with zero attached hydrogens (tertiary/aromatic N) is 3. The molecule has 2 aromatic rings. The van der Waals surface area contributed by atoms with Gasteiger partial charge in [0.1, 0.15) is 11.3 Å². The number of rotatable bonds is 8. The van der Waals surface area contributed by atoms with Crippen molar-refractivity contribution < 1.29 is 13.9 Å². The van der Waals surface area contributed by atoms with E-state index in [0.717, 1.165) is 49.3 Å². The third kappa shape index (κ3) is 5.16. The Bertz CT molecular complexity index is 789. The highest BCUT2D eigenvalue weighted by molar-refractivity contribution is 5.77. The summed E-state index contributed by atoms with van der Waals surface area (Å²) in [6.45, 7) is 7.56. The second-order valence-corrected chi connectivity index (χ2v) is 7.91. The number of likely N-dealkylation sites (N-methyl/N-ethyl adjacent to an activating group) is 1. The molecule has 1 aliphatic rings. The van der Waals surface area contributed by atoms with Gasteiger partial charge in [-0.05, 0) is 51.8 Å². The molecule has 1 unspecified atom stereocenters. The topological polar surface area (TPSA) is 70.8 Å². The van der Waals surface area contributed by atoms with Crippen molar-refractivity contribution in [2.75, 3.05) is 45.2 Å². The van der Waals surface area contributed by atoms with Crippen LogP contribution >= 0.6 is 0 Å². The molecule has 7 heteroatoms. The molecule has 28 heavy (non-hydrogen) atoms. The molecule has 1 fully saturated rings. The fraction of sp³-hybridized carbons (Fsp3) is 0.619. The van der Waals surface area contributed by atoms with E-state index in [1.165, 1.54) is 0 Å². The van der Waals surface area contributed by atoms with Gasteiger partial charge in [-0.1, -0.05) is 0 Å². The van der Waals surface area contributed by atoms with E-state index in [1.807, 2.05) is 18.2 Å². The van der Waals surface area contributed by atoms with Crippen LogP contribution in [0.15, 0.2) is 22.6 Å². The van der Waals surface area contributed by atoms with Gasteiger partial charge in [0.15, 0.2) is 5.58 Å². The molecule has 0 saturated carbocycles. The highest BCUT2D eigenvalue weighted by Crippen LogP contribution is 2.29. The van der Waals surface area contributed by atoms with Crippen LogP contribution in [0.5, 0.6) is 5.75 Å². The van der Waals surface area contributed by atoms with Crippen molar-refractivity contribution in [3.05, 3.63) is 18.2 Å². The summed E-state index contributed by atoms with van der Waals surface area (Å²) in [5.74, 6) is 1.22. The van der Waals surface area contributed by atoms with E-state index in [0.29, 0.717) is 30.9 Å². The van der Waals surface area contributed by atoms with Crippen LogP contribution in [0.3, 0.4) is 0 Å². The maximum absolute atomic E-state index is 12.3. The van der Waals surface area contributed by atoms with Gasteiger partial charge in [0.05, 0.1) is 7.11 Å². The van der Waals surface area contributed by atoms with Gasteiger partial charge in [0.25, 0.3) is 6.01 Å². The first-order chi connectivity index (χ1) is 13.5. The summed E-state index contributed by atoms with van der Waals surface area (Å²) in [5.41, 5.74) is 1.55. The van der Waals surface area contributed by atoms with E-state index >= 15 is 0 Å². The quantitative estimate of drug-likeness (QED) is 0.750. The third-order valence-electron chi connectivity index (χ3n) is 5.52. The zero-order valence-corrected chi connectivity index (χ0v) is 17.4. The molecule has 0 bridgehead atoms. The van der Waals surface area contributed by atoms with Gasteiger partial charge in [0, 0.05) is 44.7 Å². The molecule has 1 aliphatic heterocycles. The number of anilines is 1. The molecule has 1 atom stereocenters. The lowest BCUT2D eigenvalue weighted by Crippen LogP contribution is -2.40. The monoisotopic (exact) mass is 388 g/mol. The van der Waals surface area contributed by atoms with E-state index in [9.17, 15) is 4.79 Å². The Labute approximate surface area is 167 Å². The molecule has 3 rings (SSSR count). The van der Waals surface area contributed by atoms with E-state index < -0.39 is 0 Å². The summed E-state index contributed by atoms with van der Waals surface area (Å²) >= 11 is 0. The van der Waals surface area contributed by atoms with Gasteiger partial charge in [-0.2, -0.15) is 4.98 Å². The Morgan fingerprint density at radius 3 is 3.04 bits per heavy atom. The second kappa shape index (κ2) is 9.28. The van der Waals surface area contributed by atoms with Gasteiger partial charge in [0.2, 0.25) is 5.91 Å². The standard InChI is InChI=1S/C21H32N4O3/c1-15(2)24(3)11-9-22-20(26)12-16-6-5-10-25(14-16)21-23-18-13-17(27-4)7-8-19(18)28-21/h7-8,13,15-16H,5-6,9-12,14H2,1-4H3,(H,22,26). The van der Waals surface area contributed by atoms with Crippen molar-refractivity contribution >= 4 is 23.0 Å². The molecule has 154 valence electrons.